The number of aromatic hydroxyl groups is 1. The molecule has 0 heterocycles. The second-order valence-corrected chi connectivity index (χ2v) is 2.32. The van der Waals surface area contributed by atoms with Crippen LogP contribution in [-0.2, 0) is 0 Å². The van der Waals surface area contributed by atoms with E-state index < -0.39 is 0 Å². The molecule has 0 saturated heterocycles. The summed E-state index contributed by atoms with van der Waals surface area (Å²) in [5.74, 6) is -0.0469. The lowest BCUT2D eigenvalue weighted by Gasteiger charge is -1.93. The van der Waals surface area contributed by atoms with Crippen LogP contribution in [0, 0.1) is 0 Å². The predicted molar refractivity (Wildman–Crippen MR) is 42.9 cm³/mol. The number of phenols is 1. The highest BCUT2D eigenvalue weighted by molar-refractivity contribution is 5.51. The zero-order chi connectivity index (χ0) is 8.27. The van der Waals surface area contributed by atoms with Gasteiger partial charge in [0.1, 0.15) is 5.75 Å². The molecule has 0 unspecified atom stereocenters. The Morgan fingerprint density at radius 1 is 1.36 bits per heavy atom. The smallest absolute Gasteiger partial charge is 0.115 e. The van der Waals surface area contributed by atoms with Crippen molar-refractivity contribution in [2.75, 3.05) is 0 Å². The van der Waals surface area contributed by atoms with E-state index in [1.807, 2.05) is 0 Å². The molecule has 11 heavy (non-hydrogen) atoms. The predicted octanol–water partition coefficient (Wildman–Crippen LogP) is 2.72. The number of allylic oxidation sites excluding steroid dienone is 1. The van der Waals surface area contributed by atoms with E-state index in [-0.39, 0.29) is 11.6 Å². The number of halogens is 1. The average molecular weight is 152 g/mol. The lowest BCUT2D eigenvalue weighted by molar-refractivity contribution is 0.475. The largest absolute Gasteiger partial charge is 0.508 e. The number of rotatable bonds is 1. The second kappa shape index (κ2) is 3.19. The number of phenolic OH excluding ortho intramolecular Hbond substituents is 1. The van der Waals surface area contributed by atoms with Crippen LogP contribution in [0.15, 0.2) is 30.1 Å². The van der Waals surface area contributed by atoms with Crippen LogP contribution in [-0.4, -0.2) is 5.11 Å². The summed E-state index contributed by atoms with van der Waals surface area (Å²) in [6, 6.07) is 6.35. The molecule has 0 aromatic heterocycles. The van der Waals surface area contributed by atoms with E-state index in [2.05, 4.69) is 0 Å². The van der Waals surface area contributed by atoms with Gasteiger partial charge in [-0.05, 0) is 30.7 Å². The van der Waals surface area contributed by atoms with Crippen LogP contribution in [0.2, 0.25) is 0 Å². The van der Waals surface area contributed by atoms with Gasteiger partial charge in [0.15, 0.2) is 0 Å². The number of hydrogen-bond donors (Lipinski definition) is 1. The molecule has 0 aliphatic heterocycles. The fraction of sp³-hybridized carbons (Fsp3) is 0.111. The van der Waals surface area contributed by atoms with Crippen molar-refractivity contribution in [3.05, 3.63) is 35.7 Å². The summed E-state index contributed by atoms with van der Waals surface area (Å²) in [5.41, 5.74) is 0.753. The Morgan fingerprint density at radius 3 is 2.36 bits per heavy atom. The van der Waals surface area contributed by atoms with Crippen LogP contribution < -0.4 is 0 Å². The first kappa shape index (κ1) is 7.79. The Morgan fingerprint density at radius 2 is 1.91 bits per heavy atom. The zero-order valence-corrected chi connectivity index (χ0v) is 6.21. The van der Waals surface area contributed by atoms with E-state index in [1.165, 1.54) is 25.1 Å². The van der Waals surface area contributed by atoms with Gasteiger partial charge in [0.2, 0.25) is 0 Å². The van der Waals surface area contributed by atoms with Crippen molar-refractivity contribution in [2.45, 2.75) is 6.92 Å². The SMILES string of the molecule is C/C(F)=C/c1ccc(O)cc1. The van der Waals surface area contributed by atoms with Crippen LogP contribution in [0.4, 0.5) is 4.39 Å². The van der Waals surface area contributed by atoms with E-state index in [0.717, 1.165) is 5.56 Å². The van der Waals surface area contributed by atoms with Crippen LogP contribution >= 0.6 is 0 Å². The normalized spacial score (nSPS) is 11.6. The van der Waals surface area contributed by atoms with Gasteiger partial charge in [-0.1, -0.05) is 12.1 Å². The summed E-state index contributed by atoms with van der Waals surface area (Å²) < 4.78 is 12.3. The lowest BCUT2D eigenvalue weighted by atomic mass is 10.2. The molecule has 2 heteroatoms. The first-order chi connectivity index (χ1) is 5.18. The minimum absolute atomic E-state index is 0.193. The summed E-state index contributed by atoms with van der Waals surface area (Å²) in [5, 5.41) is 8.88. The molecule has 0 amide bonds. The lowest BCUT2D eigenvalue weighted by Crippen LogP contribution is -1.70. The molecule has 0 atom stereocenters. The fourth-order valence-electron chi connectivity index (χ4n) is 0.800. The molecular formula is C9H9FO. The summed E-state index contributed by atoms with van der Waals surface area (Å²) in [6.45, 7) is 1.38. The molecule has 0 bridgehead atoms. The standard InChI is InChI=1S/C9H9FO/c1-7(10)6-8-2-4-9(11)5-3-8/h2-6,11H,1H3/b7-6-. The molecule has 0 aliphatic rings. The van der Waals surface area contributed by atoms with Crippen LogP contribution in [0.25, 0.3) is 6.08 Å². The number of benzene rings is 1. The minimum atomic E-state index is -0.240. The fourth-order valence-corrected chi connectivity index (χ4v) is 0.800. The second-order valence-electron chi connectivity index (χ2n) is 2.32. The van der Waals surface area contributed by atoms with E-state index in [1.54, 1.807) is 12.1 Å². The van der Waals surface area contributed by atoms with Gasteiger partial charge in [-0.2, -0.15) is 0 Å². The molecular weight excluding hydrogens is 143 g/mol. The molecule has 0 fully saturated rings. The Balaban J connectivity index is 2.91. The molecule has 1 nitrogen and oxygen atoms in total. The highest BCUT2D eigenvalue weighted by atomic mass is 19.1. The van der Waals surface area contributed by atoms with Gasteiger partial charge in [-0.25, -0.2) is 4.39 Å². The molecule has 0 aliphatic carbocycles. The summed E-state index contributed by atoms with van der Waals surface area (Å²) in [7, 11) is 0. The van der Waals surface area contributed by atoms with Crippen molar-refractivity contribution in [1.82, 2.24) is 0 Å². The first-order valence-electron chi connectivity index (χ1n) is 3.31. The molecule has 0 radical (unpaired) electrons. The molecule has 1 aromatic rings. The van der Waals surface area contributed by atoms with Gasteiger partial charge < -0.3 is 5.11 Å². The van der Waals surface area contributed by atoms with E-state index >= 15 is 0 Å². The average Bonchev–Trinajstić information content (AvgIpc) is 1.93. The van der Waals surface area contributed by atoms with Crippen molar-refractivity contribution in [1.29, 1.82) is 0 Å². The maximum Gasteiger partial charge on any atom is 0.115 e. The molecule has 1 aromatic carbocycles. The highest BCUT2D eigenvalue weighted by Gasteiger charge is 1.89. The monoisotopic (exact) mass is 152 g/mol. The van der Waals surface area contributed by atoms with Crippen molar-refractivity contribution < 1.29 is 9.50 Å². The Labute approximate surface area is 64.8 Å². The van der Waals surface area contributed by atoms with Crippen LogP contribution in [0.5, 0.6) is 5.75 Å². The van der Waals surface area contributed by atoms with Gasteiger partial charge in [0.05, 0.1) is 5.83 Å². The third kappa shape index (κ3) is 2.42. The van der Waals surface area contributed by atoms with Gasteiger partial charge in [0, 0.05) is 0 Å². The molecule has 0 saturated carbocycles. The van der Waals surface area contributed by atoms with Gasteiger partial charge in [0.25, 0.3) is 0 Å². The van der Waals surface area contributed by atoms with Gasteiger partial charge in [-0.15, -0.1) is 0 Å². The van der Waals surface area contributed by atoms with Crippen LogP contribution in [0.1, 0.15) is 12.5 Å². The molecule has 1 N–H and O–H groups in total. The third-order valence-corrected chi connectivity index (χ3v) is 1.26. The molecule has 58 valence electrons. The van der Waals surface area contributed by atoms with E-state index in [0.29, 0.717) is 0 Å². The quantitative estimate of drug-likeness (QED) is 0.656. The summed E-state index contributed by atoms with van der Waals surface area (Å²) in [4.78, 5) is 0. The van der Waals surface area contributed by atoms with Gasteiger partial charge in [-0.3, -0.25) is 0 Å². The van der Waals surface area contributed by atoms with Crippen molar-refractivity contribution in [3.8, 4) is 5.75 Å². The Hall–Kier alpha value is -1.31. The molecule has 1 rings (SSSR count). The maximum atomic E-state index is 12.3. The van der Waals surface area contributed by atoms with Crippen molar-refractivity contribution >= 4 is 6.08 Å². The molecule has 0 spiro atoms. The van der Waals surface area contributed by atoms with Crippen molar-refractivity contribution in [3.63, 3.8) is 0 Å². The Kier molecular flexibility index (Phi) is 2.26. The summed E-state index contributed by atoms with van der Waals surface area (Å²) in [6.07, 6.45) is 1.40. The van der Waals surface area contributed by atoms with Crippen LogP contribution in [0.3, 0.4) is 0 Å². The van der Waals surface area contributed by atoms with Gasteiger partial charge >= 0.3 is 0 Å². The number of hydrogen-bond acceptors (Lipinski definition) is 1. The first-order valence-corrected chi connectivity index (χ1v) is 3.31. The topological polar surface area (TPSA) is 20.2 Å². The van der Waals surface area contributed by atoms with E-state index in [4.69, 9.17) is 5.11 Å². The van der Waals surface area contributed by atoms with Crippen molar-refractivity contribution in [2.24, 2.45) is 0 Å². The minimum Gasteiger partial charge on any atom is -0.508 e. The summed E-state index contributed by atoms with van der Waals surface area (Å²) >= 11 is 0. The third-order valence-electron chi connectivity index (χ3n) is 1.26. The zero-order valence-electron chi connectivity index (χ0n) is 6.21. The highest BCUT2D eigenvalue weighted by Crippen LogP contribution is 2.12. The Bertz CT molecular complexity index is 257. The van der Waals surface area contributed by atoms with E-state index in [9.17, 15) is 4.39 Å². The maximum absolute atomic E-state index is 12.3.